The Kier molecular flexibility index (Phi) is 4.96. The van der Waals surface area contributed by atoms with Crippen LogP contribution in [0.25, 0.3) is 0 Å². The number of pyridine rings is 1. The zero-order valence-corrected chi connectivity index (χ0v) is 11.1. The second kappa shape index (κ2) is 6.24. The molecule has 0 aliphatic heterocycles. The van der Waals surface area contributed by atoms with Gasteiger partial charge in [0.2, 0.25) is 0 Å². The second-order valence-electron chi connectivity index (χ2n) is 5.19. The molecule has 0 spiro atoms. The van der Waals surface area contributed by atoms with E-state index in [2.05, 4.69) is 43.6 Å². The minimum atomic E-state index is 0.486. The number of hydrogen-bond acceptors (Lipinski definition) is 3. The fourth-order valence-corrected chi connectivity index (χ4v) is 1.80. The van der Waals surface area contributed by atoms with Gasteiger partial charge in [-0.05, 0) is 24.0 Å². The fraction of sp³-hybridized carbons (Fsp3) is 0.571. The molecule has 0 amide bonds. The summed E-state index contributed by atoms with van der Waals surface area (Å²) in [5.74, 6) is 2.08. The molecule has 0 aliphatic rings. The lowest BCUT2D eigenvalue weighted by Crippen LogP contribution is -2.32. The van der Waals surface area contributed by atoms with Crippen molar-refractivity contribution in [1.29, 1.82) is 5.26 Å². The first kappa shape index (κ1) is 13.5. The van der Waals surface area contributed by atoms with Crippen molar-refractivity contribution in [3.05, 3.63) is 23.9 Å². The predicted octanol–water partition coefficient (Wildman–Crippen LogP) is 3.07. The standard InChI is InChI=1S/C14H21N3/c1-11(2)9-17(10-12(3)4)14-7-5-6-13(8-15)16-14/h5-7,11-12H,9-10H2,1-4H3. The van der Waals surface area contributed by atoms with Gasteiger partial charge in [-0.25, -0.2) is 4.98 Å². The van der Waals surface area contributed by atoms with Gasteiger partial charge in [-0.1, -0.05) is 33.8 Å². The van der Waals surface area contributed by atoms with Gasteiger partial charge in [0.15, 0.2) is 0 Å². The van der Waals surface area contributed by atoms with Crippen LogP contribution in [-0.2, 0) is 0 Å². The number of aromatic nitrogens is 1. The van der Waals surface area contributed by atoms with Crippen molar-refractivity contribution in [2.45, 2.75) is 27.7 Å². The molecule has 17 heavy (non-hydrogen) atoms. The van der Waals surface area contributed by atoms with Gasteiger partial charge in [-0.15, -0.1) is 0 Å². The zero-order chi connectivity index (χ0) is 12.8. The van der Waals surface area contributed by atoms with E-state index in [4.69, 9.17) is 5.26 Å². The highest BCUT2D eigenvalue weighted by molar-refractivity contribution is 5.41. The molecule has 3 heteroatoms. The Bertz CT molecular complexity index is 381. The van der Waals surface area contributed by atoms with Crippen LogP contribution in [0.15, 0.2) is 18.2 Å². The van der Waals surface area contributed by atoms with E-state index < -0.39 is 0 Å². The van der Waals surface area contributed by atoms with Crippen molar-refractivity contribution >= 4 is 5.82 Å². The molecule has 92 valence electrons. The highest BCUT2D eigenvalue weighted by Gasteiger charge is 2.11. The van der Waals surface area contributed by atoms with E-state index >= 15 is 0 Å². The zero-order valence-electron chi connectivity index (χ0n) is 11.1. The molecular weight excluding hydrogens is 210 g/mol. The van der Waals surface area contributed by atoms with E-state index in [0.717, 1.165) is 18.9 Å². The lowest BCUT2D eigenvalue weighted by molar-refractivity contribution is 0.548. The highest BCUT2D eigenvalue weighted by atomic mass is 15.2. The Balaban J connectivity index is 2.91. The topological polar surface area (TPSA) is 39.9 Å². The Morgan fingerprint density at radius 2 is 1.76 bits per heavy atom. The minimum Gasteiger partial charge on any atom is -0.356 e. The molecule has 0 radical (unpaired) electrons. The van der Waals surface area contributed by atoms with E-state index in [0.29, 0.717) is 17.5 Å². The van der Waals surface area contributed by atoms with Gasteiger partial charge in [0.25, 0.3) is 0 Å². The highest BCUT2D eigenvalue weighted by Crippen LogP contribution is 2.15. The van der Waals surface area contributed by atoms with Crippen molar-refractivity contribution in [2.24, 2.45) is 11.8 Å². The van der Waals surface area contributed by atoms with Crippen LogP contribution in [0, 0.1) is 23.2 Å². The van der Waals surface area contributed by atoms with Gasteiger partial charge in [0, 0.05) is 13.1 Å². The average Bonchev–Trinajstić information content (AvgIpc) is 2.27. The molecule has 3 nitrogen and oxygen atoms in total. The van der Waals surface area contributed by atoms with Gasteiger partial charge >= 0.3 is 0 Å². The third-order valence-electron chi connectivity index (χ3n) is 2.34. The van der Waals surface area contributed by atoms with Crippen molar-refractivity contribution in [1.82, 2.24) is 4.98 Å². The van der Waals surface area contributed by atoms with Crippen LogP contribution < -0.4 is 4.90 Å². The quantitative estimate of drug-likeness (QED) is 0.782. The van der Waals surface area contributed by atoms with E-state index in [1.54, 1.807) is 6.07 Å². The summed E-state index contributed by atoms with van der Waals surface area (Å²) >= 11 is 0. The van der Waals surface area contributed by atoms with Crippen LogP contribution in [0.5, 0.6) is 0 Å². The van der Waals surface area contributed by atoms with Crippen LogP contribution in [0.4, 0.5) is 5.82 Å². The van der Waals surface area contributed by atoms with Gasteiger partial charge < -0.3 is 4.90 Å². The molecule has 0 unspecified atom stereocenters. The molecule has 1 aromatic rings. The number of rotatable bonds is 5. The van der Waals surface area contributed by atoms with Crippen molar-refractivity contribution in [3.8, 4) is 6.07 Å². The third kappa shape index (κ3) is 4.44. The van der Waals surface area contributed by atoms with Gasteiger partial charge in [0.1, 0.15) is 17.6 Å². The van der Waals surface area contributed by atoms with E-state index in [1.165, 1.54) is 0 Å². The lowest BCUT2D eigenvalue weighted by atomic mass is 10.1. The van der Waals surface area contributed by atoms with Crippen molar-refractivity contribution in [3.63, 3.8) is 0 Å². The maximum absolute atomic E-state index is 8.88. The first-order valence-electron chi connectivity index (χ1n) is 6.15. The molecular formula is C14H21N3. The Morgan fingerprint density at radius 3 is 2.24 bits per heavy atom. The van der Waals surface area contributed by atoms with E-state index in [1.807, 2.05) is 12.1 Å². The summed E-state index contributed by atoms with van der Waals surface area (Å²) in [6, 6.07) is 7.71. The van der Waals surface area contributed by atoms with Gasteiger partial charge in [-0.2, -0.15) is 5.26 Å². The smallest absolute Gasteiger partial charge is 0.142 e. The summed E-state index contributed by atoms with van der Waals surface area (Å²) in [5, 5.41) is 8.88. The van der Waals surface area contributed by atoms with Crippen molar-refractivity contribution in [2.75, 3.05) is 18.0 Å². The number of anilines is 1. The van der Waals surface area contributed by atoms with Crippen LogP contribution >= 0.6 is 0 Å². The summed E-state index contributed by atoms with van der Waals surface area (Å²) < 4.78 is 0. The lowest BCUT2D eigenvalue weighted by Gasteiger charge is -2.27. The monoisotopic (exact) mass is 231 g/mol. The van der Waals surface area contributed by atoms with E-state index in [9.17, 15) is 0 Å². The molecule has 0 bridgehead atoms. The van der Waals surface area contributed by atoms with Crippen molar-refractivity contribution < 1.29 is 0 Å². The first-order valence-corrected chi connectivity index (χ1v) is 6.15. The summed E-state index contributed by atoms with van der Waals surface area (Å²) in [5.41, 5.74) is 0.486. The normalized spacial score (nSPS) is 10.6. The summed E-state index contributed by atoms with van der Waals surface area (Å²) in [6.07, 6.45) is 0. The van der Waals surface area contributed by atoms with Crippen LogP contribution in [0.2, 0.25) is 0 Å². The SMILES string of the molecule is CC(C)CN(CC(C)C)c1cccc(C#N)n1. The molecule has 0 fully saturated rings. The number of hydrogen-bond donors (Lipinski definition) is 0. The Labute approximate surface area is 104 Å². The summed E-state index contributed by atoms with van der Waals surface area (Å²) in [7, 11) is 0. The molecule has 0 aromatic carbocycles. The molecule has 0 aliphatic carbocycles. The summed E-state index contributed by atoms with van der Waals surface area (Å²) in [6.45, 7) is 10.7. The third-order valence-corrected chi connectivity index (χ3v) is 2.34. The Hall–Kier alpha value is -1.56. The van der Waals surface area contributed by atoms with Crippen LogP contribution in [-0.4, -0.2) is 18.1 Å². The number of nitriles is 1. The molecule has 0 saturated heterocycles. The second-order valence-corrected chi connectivity index (χ2v) is 5.19. The van der Waals surface area contributed by atoms with Crippen LogP contribution in [0.1, 0.15) is 33.4 Å². The minimum absolute atomic E-state index is 0.486. The largest absolute Gasteiger partial charge is 0.356 e. The van der Waals surface area contributed by atoms with Crippen LogP contribution in [0.3, 0.4) is 0 Å². The first-order chi connectivity index (χ1) is 8.02. The fourth-order valence-electron chi connectivity index (χ4n) is 1.80. The molecule has 0 saturated carbocycles. The maximum Gasteiger partial charge on any atom is 0.142 e. The predicted molar refractivity (Wildman–Crippen MR) is 70.8 cm³/mol. The molecule has 0 N–H and O–H groups in total. The molecule has 1 aromatic heterocycles. The number of nitrogens with zero attached hydrogens (tertiary/aromatic N) is 3. The summed E-state index contributed by atoms with van der Waals surface area (Å²) in [4.78, 5) is 6.62. The van der Waals surface area contributed by atoms with Gasteiger partial charge in [0.05, 0.1) is 0 Å². The average molecular weight is 231 g/mol. The molecule has 1 rings (SSSR count). The molecule has 1 heterocycles. The van der Waals surface area contributed by atoms with E-state index in [-0.39, 0.29) is 0 Å². The molecule has 0 atom stereocenters. The van der Waals surface area contributed by atoms with Gasteiger partial charge in [-0.3, -0.25) is 0 Å². The Morgan fingerprint density at radius 1 is 1.18 bits per heavy atom. The maximum atomic E-state index is 8.88.